The molecule has 0 aliphatic heterocycles. The van der Waals surface area contributed by atoms with Crippen LogP contribution in [-0.4, -0.2) is 17.5 Å². The van der Waals surface area contributed by atoms with Crippen LogP contribution in [0.1, 0.15) is 12.0 Å². The van der Waals surface area contributed by atoms with Gasteiger partial charge < -0.3 is 5.11 Å². The number of rotatable bonds is 5. The predicted octanol–water partition coefficient (Wildman–Crippen LogP) is 3.70. The van der Waals surface area contributed by atoms with E-state index in [2.05, 4.69) is 24.3 Å². The van der Waals surface area contributed by atoms with Gasteiger partial charge in [0, 0.05) is 17.3 Å². The summed E-state index contributed by atoms with van der Waals surface area (Å²) in [5, 5.41) is 17.6. The highest BCUT2D eigenvalue weighted by molar-refractivity contribution is 7.99. The summed E-state index contributed by atoms with van der Waals surface area (Å²) in [7, 11) is 0. The molecule has 0 atom stereocenters. The quantitative estimate of drug-likeness (QED) is 0.665. The molecule has 0 amide bonds. The first-order valence-electron chi connectivity index (χ1n) is 6.18. The third-order valence-electron chi connectivity index (χ3n) is 2.75. The maximum atomic E-state index is 8.79. The van der Waals surface area contributed by atoms with E-state index in [1.54, 1.807) is 11.8 Å². The van der Waals surface area contributed by atoms with Gasteiger partial charge in [-0.3, -0.25) is 0 Å². The largest absolute Gasteiger partial charge is 0.396 e. The molecule has 2 aromatic rings. The smallest absolute Gasteiger partial charge is 0.0991 e. The summed E-state index contributed by atoms with van der Waals surface area (Å²) in [5.74, 6) is 0.924. The van der Waals surface area contributed by atoms with Crippen molar-refractivity contribution < 1.29 is 5.11 Å². The molecule has 0 radical (unpaired) electrons. The highest BCUT2D eigenvalue weighted by Gasteiger charge is 2.00. The number of nitrogens with zero attached hydrogens (tertiary/aromatic N) is 1. The van der Waals surface area contributed by atoms with Crippen molar-refractivity contribution in [3.8, 4) is 17.2 Å². The van der Waals surface area contributed by atoms with Crippen LogP contribution in [0.4, 0.5) is 0 Å². The van der Waals surface area contributed by atoms with Crippen molar-refractivity contribution in [2.75, 3.05) is 12.4 Å². The summed E-state index contributed by atoms with van der Waals surface area (Å²) in [6.45, 7) is 0.238. The first-order chi connectivity index (χ1) is 9.33. The van der Waals surface area contributed by atoms with E-state index in [1.807, 2.05) is 30.3 Å². The summed E-state index contributed by atoms with van der Waals surface area (Å²) in [6, 6.07) is 18.1. The Labute approximate surface area is 117 Å². The van der Waals surface area contributed by atoms with Crippen molar-refractivity contribution in [1.82, 2.24) is 0 Å². The number of hydrogen-bond acceptors (Lipinski definition) is 3. The molecular weight excluding hydrogens is 254 g/mol. The molecule has 0 unspecified atom stereocenters. The lowest BCUT2D eigenvalue weighted by molar-refractivity contribution is 0.296. The lowest BCUT2D eigenvalue weighted by Gasteiger charge is -2.05. The fourth-order valence-corrected chi connectivity index (χ4v) is 2.65. The van der Waals surface area contributed by atoms with Gasteiger partial charge in [0.2, 0.25) is 0 Å². The molecule has 19 heavy (non-hydrogen) atoms. The summed E-state index contributed by atoms with van der Waals surface area (Å²) < 4.78 is 0. The van der Waals surface area contributed by atoms with Crippen LogP contribution in [0.5, 0.6) is 0 Å². The summed E-state index contributed by atoms with van der Waals surface area (Å²) in [6.07, 6.45) is 0.811. The second-order valence-corrected chi connectivity index (χ2v) is 5.31. The van der Waals surface area contributed by atoms with Crippen molar-refractivity contribution in [3.63, 3.8) is 0 Å². The van der Waals surface area contributed by atoms with E-state index in [0.29, 0.717) is 5.56 Å². The number of hydrogen-bond donors (Lipinski definition) is 1. The molecule has 2 nitrogen and oxygen atoms in total. The van der Waals surface area contributed by atoms with Crippen LogP contribution in [0.15, 0.2) is 53.4 Å². The SMILES string of the molecule is N#Cc1ccc(-c2cccc(SCCCO)c2)cc1. The second kappa shape index (κ2) is 6.98. The third kappa shape index (κ3) is 3.85. The molecule has 0 spiro atoms. The summed E-state index contributed by atoms with van der Waals surface area (Å²) in [5.41, 5.74) is 2.94. The van der Waals surface area contributed by atoms with Gasteiger partial charge in [-0.25, -0.2) is 0 Å². The van der Waals surface area contributed by atoms with Crippen LogP contribution < -0.4 is 0 Å². The predicted molar refractivity (Wildman–Crippen MR) is 79.0 cm³/mol. The highest BCUT2D eigenvalue weighted by Crippen LogP contribution is 2.26. The molecule has 3 heteroatoms. The molecule has 0 saturated heterocycles. The van der Waals surface area contributed by atoms with E-state index < -0.39 is 0 Å². The van der Waals surface area contributed by atoms with E-state index in [1.165, 1.54) is 4.90 Å². The molecule has 0 heterocycles. The fraction of sp³-hybridized carbons (Fsp3) is 0.188. The van der Waals surface area contributed by atoms with Crippen molar-refractivity contribution in [2.24, 2.45) is 0 Å². The van der Waals surface area contributed by atoms with Crippen molar-refractivity contribution in [1.29, 1.82) is 5.26 Å². The van der Waals surface area contributed by atoms with Crippen LogP contribution in [0.3, 0.4) is 0 Å². The summed E-state index contributed by atoms with van der Waals surface area (Å²) in [4.78, 5) is 1.20. The van der Waals surface area contributed by atoms with Gasteiger partial charge >= 0.3 is 0 Å². The van der Waals surface area contributed by atoms with Gasteiger partial charge in [-0.05, 0) is 41.8 Å². The summed E-state index contributed by atoms with van der Waals surface area (Å²) >= 11 is 1.75. The molecule has 2 rings (SSSR count). The second-order valence-electron chi connectivity index (χ2n) is 4.14. The Bertz CT molecular complexity index is 572. The minimum absolute atomic E-state index is 0.238. The van der Waals surface area contributed by atoms with E-state index in [4.69, 9.17) is 10.4 Å². The first-order valence-corrected chi connectivity index (χ1v) is 7.16. The van der Waals surface area contributed by atoms with Crippen molar-refractivity contribution in [3.05, 3.63) is 54.1 Å². The average molecular weight is 269 g/mol. The Hall–Kier alpha value is -1.76. The first kappa shape index (κ1) is 13.7. The van der Waals surface area contributed by atoms with Crippen molar-refractivity contribution in [2.45, 2.75) is 11.3 Å². The van der Waals surface area contributed by atoms with Gasteiger partial charge in [0.25, 0.3) is 0 Å². The highest BCUT2D eigenvalue weighted by atomic mass is 32.2. The van der Waals surface area contributed by atoms with Crippen LogP contribution >= 0.6 is 11.8 Å². The lowest BCUT2D eigenvalue weighted by Crippen LogP contribution is -1.86. The number of thioether (sulfide) groups is 1. The molecule has 0 aromatic heterocycles. The zero-order valence-corrected chi connectivity index (χ0v) is 11.4. The fourth-order valence-electron chi connectivity index (χ4n) is 1.76. The third-order valence-corrected chi connectivity index (χ3v) is 3.83. The molecule has 0 aliphatic carbocycles. The Morgan fingerprint density at radius 1 is 1.05 bits per heavy atom. The van der Waals surface area contributed by atoms with Crippen LogP contribution in [0, 0.1) is 11.3 Å². The molecular formula is C16H15NOS. The van der Waals surface area contributed by atoms with Crippen LogP contribution in [0.2, 0.25) is 0 Å². The molecule has 0 bridgehead atoms. The number of aliphatic hydroxyl groups excluding tert-OH is 1. The average Bonchev–Trinajstić information content (AvgIpc) is 2.48. The van der Waals surface area contributed by atoms with Crippen molar-refractivity contribution >= 4 is 11.8 Å². The molecule has 0 saturated carbocycles. The maximum absolute atomic E-state index is 8.79. The lowest BCUT2D eigenvalue weighted by atomic mass is 10.0. The molecule has 96 valence electrons. The number of benzene rings is 2. The Kier molecular flexibility index (Phi) is 5.02. The minimum atomic E-state index is 0.238. The molecule has 0 aliphatic rings. The van der Waals surface area contributed by atoms with E-state index in [9.17, 15) is 0 Å². The van der Waals surface area contributed by atoms with Gasteiger partial charge in [0.05, 0.1) is 11.6 Å². The van der Waals surface area contributed by atoms with Gasteiger partial charge in [-0.2, -0.15) is 5.26 Å². The molecule has 2 aromatic carbocycles. The molecule has 1 N–H and O–H groups in total. The van der Waals surface area contributed by atoms with Gasteiger partial charge in [0.1, 0.15) is 0 Å². The van der Waals surface area contributed by atoms with E-state index >= 15 is 0 Å². The van der Waals surface area contributed by atoms with E-state index in [-0.39, 0.29) is 6.61 Å². The Balaban J connectivity index is 2.15. The zero-order chi connectivity index (χ0) is 13.5. The van der Waals surface area contributed by atoms with Gasteiger partial charge in [0.15, 0.2) is 0 Å². The molecule has 0 fully saturated rings. The standard InChI is InChI=1S/C16H15NOS/c17-12-13-5-7-14(8-6-13)15-3-1-4-16(11-15)19-10-2-9-18/h1,3-8,11,18H,2,9-10H2. The van der Waals surface area contributed by atoms with Gasteiger partial charge in [-0.15, -0.1) is 11.8 Å². The monoisotopic (exact) mass is 269 g/mol. The normalized spacial score (nSPS) is 10.1. The van der Waals surface area contributed by atoms with E-state index in [0.717, 1.165) is 23.3 Å². The zero-order valence-electron chi connectivity index (χ0n) is 10.5. The van der Waals surface area contributed by atoms with Crippen LogP contribution in [-0.2, 0) is 0 Å². The maximum Gasteiger partial charge on any atom is 0.0991 e. The Morgan fingerprint density at radius 3 is 2.53 bits per heavy atom. The van der Waals surface area contributed by atoms with Gasteiger partial charge in [-0.1, -0.05) is 24.3 Å². The topological polar surface area (TPSA) is 44.0 Å². The van der Waals surface area contributed by atoms with Crippen LogP contribution in [0.25, 0.3) is 11.1 Å². The Morgan fingerprint density at radius 2 is 1.84 bits per heavy atom. The number of aliphatic hydroxyl groups is 1. The minimum Gasteiger partial charge on any atom is -0.396 e. The number of nitriles is 1.